The van der Waals surface area contributed by atoms with Crippen molar-refractivity contribution in [1.29, 1.82) is 0 Å². The summed E-state index contributed by atoms with van der Waals surface area (Å²) in [6, 6.07) is 0. The average molecular weight is 669 g/mol. The van der Waals surface area contributed by atoms with Gasteiger partial charge in [0.05, 0.1) is 0 Å². The first-order valence-electron chi connectivity index (χ1n) is 19.8. The molecule has 46 heavy (non-hydrogen) atoms. The molecule has 0 rings (SSSR count). The summed E-state index contributed by atoms with van der Waals surface area (Å²) in [4.78, 5) is 36.6. The van der Waals surface area contributed by atoms with Crippen molar-refractivity contribution < 1.29 is 23.9 Å². The van der Waals surface area contributed by atoms with Crippen molar-refractivity contribution in [2.24, 2.45) is 5.92 Å². The van der Waals surface area contributed by atoms with Gasteiger partial charge in [-0.1, -0.05) is 175 Å². The van der Waals surface area contributed by atoms with Crippen LogP contribution in [0, 0.1) is 5.92 Å². The number of unbranched alkanes of at least 4 members (excludes halogenated alkanes) is 24. The molecule has 0 bridgehead atoms. The molecule has 6 heteroatoms. The van der Waals surface area contributed by atoms with E-state index in [4.69, 9.17) is 9.47 Å². The van der Waals surface area contributed by atoms with Crippen molar-refractivity contribution >= 4 is 29.5 Å². The zero-order chi connectivity index (χ0) is 33.9. The van der Waals surface area contributed by atoms with Crippen molar-refractivity contribution in [2.45, 2.75) is 214 Å². The van der Waals surface area contributed by atoms with Crippen LogP contribution in [-0.4, -0.2) is 41.9 Å². The van der Waals surface area contributed by atoms with Gasteiger partial charge in [0, 0.05) is 30.3 Å². The second-order valence-corrected chi connectivity index (χ2v) is 14.9. The molecule has 272 valence electrons. The highest BCUT2D eigenvalue weighted by Gasteiger charge is 2.18. The second kappa shape index (κ2) is 35.3. The molecular weight excluding hydrogens is 593 g/mol. The van der Waals surface area contributed by atoms with Gasteiger partial charge in [-0.05, 0) is 19.8 Å². The topological polar surface area (TPSA) is 69.7 Å². The van der Waals surface area contributed by atoms with Crippen LogP contribution in [-0.2, 0) is 23.9 Å². The highest BCUT2D eigenvalue weighted by Crippen LogP contribution is 2.17. The molecule has 0 N–H and O–H groups in total. The lowest BCUT2D eigenvalue weighted by Crippen LogP contribution is -2.28. The van der Waals surface area contributed by atoms with Crippen molar-refractivity contribution in [2.75, 3.05) is 18.1 Å². The Hall–Kier alpha value is -1.04. The van der Waals surface area contributed by atoms with E-state index in [1.807, 2.05) is 6.92 Å². The van der Waals surface area contributed by atoms with Crippen molar-refractivity contribution in [3.63, 3.8) is 0 Å². The quantitative estimate of drug-likeness (QED) is 0.0489. The summed E-state index contributed by atoms with van der Waals surface area (Å²) in [7, 11) is 0. The average Bonchev–Trinajstić information content (AvgIpc) is 3.04. The van der Waals surface area contributed by atoms with Crippen molar-refractivity contribution in [3.05, 3.63) is 0 Å². The largest absolute Gasteiger partial charge is 0.462 e. The third-order valence-corrected chi connectivity index (χ3v) is 10.4. The molecule has 0 unspecified atom stereocenters. The molecule has 0 saturated heterocycles. The molecule has 0 amide bonds. The number of carbonyl (C=O) groups excluding carboxylic acids is 3. The number of carbonyl (C=O) groups is 3. The Morgan fingerprint density at radius 1 is 0.500 bits per heavy atom. The summed E-state index contributed by atoms with van der Waals surface area (Å²) in [6.07, 6.45) is 33.4. The normalized spacial score (nSPS) is 12.6. The van der Waals surface area contributed by atoms with Gasteiger partial charge in [-0.2, -0.15) is 11.8 Å². The molecule has 0 aromatic rings. The highest BCUT2D eigenvalue weighted by atomic mass is 32.2. The van der Waals surface area contributed by atoms with Gasteiger partial charge in [-0.3, -0.25) is 14.4 Å². The van der Waals surface area contributed by atoms with Gasteiger partial charge in [-0.25, -0.2) is 0 Å². The number of esters is 2. The van der Waals surface area contributed by atoms with Crippen LogP contribution in [0.25, 0.3) is 0 Å². The molecule has 0 saturated carbocycles. The van der Waals surface area contributed by atoms with Crippen molar-refractivity contribution in [1.82, 2.24) is 0 Å². The van der Waals surface area contributed by atoms with E-state index in [1.165, 1.54) is 141 Å². The van der Waals surface area contributed by atoms with E-state index in [2.05, 4.69) is 13.8 Å². The SMILES string of the molecule is CCCCCCCCCCCCCCCC(=O)OC[C@H](CSC[C@H](C)C(C)=O)OC(=O)CCCCCCCCCCCCCCC. The first-order valence-corrected chi connectivity index (χ1v) is 21.0. The maximum absolute atomic E-state index is 12.6. The monoisotopic (exact) mass is 669 g/mol. The van der Waals surface area contributed by atoms with E-state index >= 15 is 0 Å². The number of rotatable bonds is 36. The maximum atomic E-state index is 12.6. The van der Waals surface area contributed by atoms with Gasteiger partial charge < -0.3 is 9.47 Å². The Morgan fingerprint density at radius 2 is 0.848 bits per heavy atom. The third kappa shape index (κ3) is 32.9. The number of Topliss-reactive ketones (excluding diaryl/α,β-unsaturated/α-hetero) is 1. The van der Waals surface area contributed by atoms with E-state index in [9.17, 15) is 14.4 Å². The van der Waals surface area contributed by atoms with E-state index in [0.29, 0.717) is 24.3 Å². The van der Waals surface area contributed by atoms with E-state index in [1.54, 1.807) is 18.7 Å². The minimum absolute atomic E-state index is 0.0368. The van der Waals surface area contributed by atoms with Gasteiger partial charge in [0.25, 0.3) is 0 Å². The smallest absolute Gasteiger partial charge is 0.306 e. The summed E-state index contributed by atoms with van der Waals surface area (Å²) in [5, 5.41) is 0. The fourth-order valence-corrected chi connectivity index (χ4v) is 6.84. The lowest BCUT2D eigenvalue weighted by molar-refractivity contribution is -0.157. The number of ether oxygens (including phenoxy) is 2. The van der Waals surface area contributed by atoms with Crippen LogP contribution in [0.1, 0.15) is 207 Å². The molecule has 5 nitrogen and oxygen atoms in total. The van der Waals surface area contributed by atoms with Gasteiger partial charge in [0.15, 0.2) is 0 Å². The van der Waals surface area contributed by atoms with Crippen LogP contribution < -0.4 is 0 Å². The van der Waals surface area contributed by atoms with Crippen LogP contribution in [0.3, 0.4) is 0 Å². The fraction of sp³-hybridized carbons (Fsp3) is 0.925. The third-order valence-electron chi connectivity index (χ3n) is 9.06. The predicted molar refractivity (Wildman–Crippen MR) is 199 cm³/mol. The minimum Gasteiger partial charge on any atom is -0.462 e. The summed E-state index contributed by atoms with van der Waals surface area (Å²) in [5.74, 6) is 0.921. The van der Waals surface area contributed by atoms with Crippen LogP contribution >= 0.6 is 11.8 Å². The molecule has 0 heterocycles. The molecule has 2 atom stereocenters. The van der Waals surface area contributed by atoms with Gasteiger partial charge in [0.1, 0.15) is 18.5 Å². The Balaban J connectivity index is 4.06. The van der Waals surface area contributed by atoms with Gasteiger partial charge in [0.2, 0.25) is 0 Å². The molecule has 0 aromatic carbocycles. The summed E-state index contributed by atoms with van der Waals surface area (Å²) in [5.41, 5.74) is 0. The molecule has 0 aromatic heterocycles. The van der Waals surface area contributed by atoms with Crippen LogP contribution in [0.4, 0.5) is 0 Å². The number of ketones is 1. The first-order chi connectivity index (χ1) is 22.4. The standard InChI is InChI=1S/C40H76O5S/c1-5-7-9-11-13-15-17-19-21-23-25-27-29-31-39(42)44-33-38(35-46-34-36(3)37(4)41)45-40(43)32-30-28-26-24-22-20-18-16-14-12-10-8-6-2/h36,38H,5-35H2,1-4H3/t36-,38+/m0/s1. The maximum Gasteiger partial charge on any atom is 0.306 e. The van der Waals surface area contributed by atoms with Crippen LogP contribution in [0.2, 0.25) is 0 Å². The Kier molecular flexibility index (Phi) is 34.5. The van der Waals surface area contributed by atoms with E-state index in [0.717, 1.165) is 25.7 Å². The van der Waals surface area contributed by atoms with E-state index < -0.39 is 6.10 Å². The lowest BCUT2D eigenvalue weighted by atomic mass is 10.0. The molecule has 0 aliphatic carbocycles. The molecule has 0 spiro atoms. The fourth-order valence-electron chi connectivity index (χ4n) is 5.69. The Bertz CT molecular complexity index is 697. The molecular formula is C40H76O5S. The first kappa shape index (κ1) is 45.0. The number of hydrogen-bond donors (Lipinski definition) is 0. The van der Waals surface area contributed by atoms with E-state index in [-0.39, 0.29) is 30.2 Å². The van der Waals surface area contributed by atoms with Crippen molar-refractivity contribution in [3.8, 4) is 0 Å². The number of hydrogen-bond acceptors (Lipinski definition) is 6. The zero-order valence-electron chi connectivity index (χ0n) is 31.0. The Morgan fingerprint density at radius 3 is 1.22 bits per heavy atom. The zero-order valence-corrected chi connectivity index (χ0v) is 31.8. The Labute approximate surface area is 290 Å². The molecule has 0 aliphatic rings. The highest BCUT2D eigenvalue weighted by molar-refractivity contribution is 7.99. The second-order valence-electron chi connectivity index (χ2n) is 13.8. The van der Waals surface area contributed by atoms with Crippen LogP contribution in [0.15, 0.2) is 0 Å². The minimum atomic E-state index is -0.464. The number of thioether (sulfide) groups is 1. The molecule has 0 fully saturated rings. The summed E-state index contributed by atoms with van der Waals surface area (Å²) >= 11 is 1.59. The molecule has 0 radical (unpaired) electrons. The predicted octanol–water partition coefficient (Wildman–Crippen LogP) is 12.4. The summed E-state index contributed by atoms with van der Waals surface area (Å²) in [6.45, 7) is 8.15. The summed E-state index contributed by atoms with van der Waals surface area (Å²) < 4.78 is 11.3. The van der Waals surface area contributed by atoms with Gasteiger partial charge >= 0.3 is 11.9 Å². The van der Waals surface area contributed by atoms with Gasteiger partial charge in [-0.15, -0.1) is 0 Å². The lowest BCUT2D eigenvalue weighted by Gasteiger charge is -2.18. The van der Waals surface area contributed by atoms with Crippen LogP contribution in [0.5, 0.6) is 0 Å². The molecule has 0 aliphatic heterocycles.